The molecule has 4 N–H and O–H groups in total. The van der Waals surface area contributed by atoms with Gasteiger partial charge in [-0.25, -0.2) is 0 Å². The minimum atomic E-state index is -0.532. The second-order valence-electron chi connectivity index (χ2n) is 4.16. The summed E-state index contributed by atoms with van der Waals surface area (Å²) in [6, 6.07) is 0. The molecular weight excluding hydrogens is 220 g/mol. The first-order chi connectivity index (χ1) is 8.05. The first-order valence-electron chi connectivity index (χ1n) is 5.75. The number of nitrogens with zero attached hydrogens (tertiary/aromatic N) is 2. The van der Waals surface area contributed by atoms with Crippen LogP contribution in [-0.2, 0) is 11.3 Å². The lowest BCUT2D eigenvalue weighted by Gasteiger charge is -2.30. The number of nitrogen functional groups attached to an aromatic ring is 1. The van der Waals surface area contributed by atoms with Crippen LogP contribution in [0.25, 0.3) is 0 Å². The summed E-state index contributed by atoms with van der Waals surface area (Å²) in [6.07, 6.45) is 4.46. The summed E-state index contributed by atoms with van der Waals surface area (Å²) in [5.74, 6) is -0.175. The van der Waals surface area contributed by atoms with E-state index in [0.717, 1.165) is 0 Å². The molecule has 17 heavy (non-hydrogen) atoms. The second-order valence-corrected chi connectivity index (χ2v) is 4.16. The number of amides is 1. The van der Waals surface area contributed by atoms with E-state index in [4.69, 9.17) is 5.73 Å². The Morgan fingerprint density at radius 1 is 1.59 bits per heavy atom. The maximum Gasteiger partial charge on any atom is 0.242 e. The number of hydrogen-bond acceptors (Lipinski definition) is 4. The summed E-state index contributed by atoms with van der Waals surface area (Å²) in [4.78, 5) is 11.8. The van der Waals surface area contributed by atoms with Crippen LogP contribution in [0.15, 0.2) is 12.4 Å². The predicted octanol–water partition coefficient (Wildman–Crippen LogP) is 0.133. The second kappa shape index (κ2) is 5.67. The van der Waals surface area contributed by atoms with Crippen molar-refractivity contribution in [2.24, 2.45) is 0 Å². The minimum Gasteiger partial charge on any atom is -0.396 e. The molecule has 0 unspecified atom stereocenters. The molecular formula is C11H20N4O2. The Kier molecular flexibility index (Phi) is 4.51. The van der Waals surface area contributed by atoms with Crippen LogP contribution in [0.4, 0.5) is 5.69 Å². The molecule has 0 aliphatic heterocycles. The van der Waals surface area contributed by atoms with Gasteiger partial charge in [0.15, 0.2) is 0 Å². The fourth-order valence-electron chi connectivity index (χ4n) is 1.64. The molecule has 0 saturated carbocycles. The van der Waals surface area contributed by atoms with Gasteiger partial charge in [0.2, 0.25) is 5.91 Å². The third-order valence-corrected chi connectivity index (χ3v) is 3.02. The van der Waals surface area contributed by atoms with Gasteiger partial charge in [-0.05, 0) is 12.8 Å². The molecule has 1 aromatic heterocycles. The highest BCUT2D eigenvalue weighted by Crippen LogP contribution is 2.13. The molecule has 0 spiro atoms. The average molecular weight is 240 g/mol. The molecule has 1 rings (SSSR count). The van der Waals surface area contributed by atoms with Gasteiger partial charge in [0.25, 0.3) is 0 Å². The smallest absolute Gasteiger partial charge is 0.242 e. The number of nitrogens with one attached hydrogen (secondary N) is 1. The number of aliphatic hydroxyl groups excluding tert-OH is 1. The first-order valence-corrected chi connectivity index (χ1v) is 5.75. The lowest BCUT2D eigenvalue weighted by Crippen LogP contribution is -2.51. The molecule has 6 nitrogen and oxygen atoms in total. The normalized spacial score (nSPS) is 11.5. The zero-order chi connectivity index (χ0) is 12.9. The van der Waals surface area contributed by atoms with Crippen LogP contribution in [0.1, 0.15) is 26.7 Å². The SMILES string of the molecule is CCC(CC)(CO)NC(=O)Cn1cc(N)cn1. The lowest BCUT2D eigenvalue weighted by atomic mass is 9.94. The van der Waals surface area contributed by atoms with Gasteiger partial charge in [0.05, 0.1) is 24.0 Å². The predicted molar refractivity (Wildman–Crippen MR) is 65.2 cm³/mol. The van der Waals surface area contributed by atoms with Gasteiger partial charge in [0, 0.05) is 6.20 Å². The highest BCUT2D eigenvalue weighted by molar-refractivity contribution is 5.76. The van der Waals surface area contributed by atoms with Gasteiger partial charge in [-0.3, -0.25) is 9.48 Å². The van der Waals surface area contributed by atoms with Gasteiger partial charge >= 0.3 is 0 Å². The molecule has 0 fully saturated rings. The van der Waals surface area contributed by atoms with Crippen molar-refractivity contribution in [3.8, 4) is 0 Å². The van der Waals surface area contributed by atoms with Crippen LogP contribution >= 0.6 is 0 Å². The van der Waals surface area contributed by atoms with Crippen molar-refractivity contribution in [1.29, 1.82) is 0 Å². The molecule has 0 radical (unpaired) electrons. The standard InChI is InChI=1S/C11H20N4O2/c1-3-11(4-2,8-16)14-10(17)7-15-6-9(12)5-13-15/h5-6,16H,3-4,7-8,12H2,1-2H3,(H,14,17). The first kappa shape index (κ1) is 13.5. The fourth-order valence-corrected chi connectivity index (χ4v) is 1.64. The quantitative estimate of drug-likeness (QED) is 0.659. The zero-order valence-corrected chi connectivity index (χ0v) is 10.3. The third-order valence-electron chi connectivity index (χ3n) is 3.02. The summed E-state index contributed by atoms with van der Waals surface area (Å²) in [5, 5.41) is 16.1. The largest absolute Gasteiger partial charge is 0.396 e. The van der Waals surface area contributed by atoms with E-state index in [1.165, 1.54) is 10.9 Å². The Hall–Kier alpha value is -1.56. The summed E-state index contributed by atoms with van der Waals surface area (Å²) in [7, 11) is 0. The molecule has 0 aliphatic carbocycles. The molecule has 0 saturated heterocycles. The van der Waals surface area contributed by atoms with E-state index < -0.39 is 5.54 Å². The molecule has 0 aromatic carbocycles. The maximum absolute atomic E-state index is 11.8. The summed E-state index contributed by atoms with van der Waals surface area (Å²) < 4.78 is 1.47. The van der Waals surface area contributed by atoms with Gasteiger partial charge in [-0.2, -0.15) is 5.10 Å². The van der Waals surface area contributed by atoms with Crippen molar-refractivity contribution in [2.75, 3.05) is 12.3 Å². The molecule has 0 atom stereocenters. The van der Waals surface area contributed by atoms with Crippen LogP contribution in [0.5, 0.6) is 0 Å². The number of carbonyl (C=O) groups is 1. The Bertz CT molecular complexity index is 363. The van der Waals surface area contributed by atoms with E-state index in [1.807, 2.05) is 13.8 Å². The van der Waals surface area contributed by atoms with Crippen LogP contribution < -0.4 is 11.1 Å². The van der Waals surface area contributed by atoms with Crippen molar-refractivity contribution in [3.05, 3.63) is 12.4 Å². The van der Waals surface area contributed by atoms with Gasteiger partial charge in [-0.1, -0.05) is 13.8 Å². The molecule has 6 heteroatoms. The maximum atomic E-state index is 11.8. The van der Waals surface area contributed by atoms with Gasteiger partial charge < -0.3 is 16.2 Å². The summed E-state index contributed by atoms with van der Waals surface area (Å²) >= 11 is 0. The molecule has 1 heterocycles. The summed E-state index contributed by atoms with van der Waals surface area (Å²) in [5.41, 5.74) is 5.50. The van der Waals surface area contributed by atoms with Crippen molar-refractivity contribution < 1.29 is 9.90 Å². The minimum absolute atomic E-state index is 0.0625. The number of aliphatic hydroxyl groups is 1. The fraction of sp³-hybridized carbons (Fsp3) is 0.636. The molecule has 1 amide bonds. The number of anilines is 1. The van der Waals surface area contributed by atoms with Crippen molar-refractivity contribution in [3.63, 3.8) is 0 Å². The van der Waals surface area contributed by atoms with Crippen LogP contribution in [-0.4, -0.2) is 32.9 Å². The number of hydrogen-bond donors (Lipinski definition) is 3. The Morgan fingerprint density at radius 3 is 2.65 bits per heavy atom. The number of aromatic nitrogens is 2. The van der Waals surface area contributed by atoms with Crippen molar-refractivity contribution in [1.82, 2.24) is 15.1 Å². The molecule has 1 aromatic rings. The monoisotopic (exact) mass is 240 g/mol. The molecule has 0 bridgehead atoms. The number of rotatable bonds is 6. The van der Waals surface area contributed by atoms with E-state index in [1.54, 1.807) is 6.20 Å². The summed E-state index contributed by atoms with van der Waals surface area (Å²) in [6.45, 7) is 3.92. The van der Waals surface area contributed by atoms with E-state index >= 15 is 0 Å². The lowest BCUT2D eigenvalue weighted by molar-refractivity contribution is -0.124. The topological polar surface area (TPSA) is 93.2 Å². The Labute approximate surface area is 101 Å². The average Bonchev–Trinajstić information content (AvgIpc) is 2.72. The Balaban J connectivity index is 2.59. The van der Waals surface area contributed by atoms with Crippen LogP contribution in [0, 0.1) is 0 Å². The van der Waals surface area contributed by atoms with E-state index in [0.29, 0.717) is 18.5 Å². The molecule has 0 aliphatic rings. The Morgan fingerprint density at radius 2 is 2.24 bits per heavy atom. The number of nitrogens with two attached hydrogens (primary N) is 1. The van der Waals surface area contributed by atoms with E-state index in [-0.39, 0.29) is 19.1 Å². The third kappa shape index (κ3) is 3.45. The van der Waals surface area contributed by atoms with E-state index in [9.17, 15) is 9.90 Å². The van der Waals surface area contributed by atoms with Crippen LogP contribution in [0.3, 0.4) is 0 Å². The van der Waals surface area contributed by atoms with Crippen LogP contribution in [0.2, 0.25) is 0 Å². The molecule has 96 valence electrons. The van der Waals surface area contributed by atoms with Gasteiger partial charge in [0.1, 0.15) is 6.54 Å². The van der Waals surface area contributed by atoms with Crippen molar-refractivity contribution in [2.45, 2.75) is 38.8 Å². The highest BCUT2D eigenvalue weighted by atomic mass is 16.3. The zero-order valence-electron chi connectivity index (χ0n) is 10.3. The van der Waals surface area contributed by atoms with Crippen molar-refractivity contribution >= 4 is 11.6 Å². The van der Waals surface area contributed by atoms with E-state index in [2.05, 4.69) is 10.4 Å². The number of carbonyl (C=O) groups excluding carboxylic acids is 1. The van der Waals surface area contributed by atoms with Gasteiger partial charge in [-0.15, -0.1) is 0 Å². The highest BCUT2D eigenvalue weighted by Gasteiger charge is 2.27.